The van der Waals surface area contributed by atoms with Crippen LogP contribution in [-0.2, 0) is 4.79 Å². The Balaban J connectivity index is 1.33. The van der Waals surface area contributed by atoms with Crippen LogP contribution in [0.15, 0.2) is 66.9 Å². The zero-order valence-corrected chi connectivity index (χ0v) is 24.3. The number of carbonyl (C=O) groups excluding carboxylic acids is 1. The first-order chi connectivity index (χ1) is 17.1. The molecule has 1 aliphatic carbocycles. The van der Waals surface area contributed by atoms with Gasteiger partial charge in [0.2, 0.25) is 0 Å². The van der Waals surface area contributed by atoms with E-state index in [0.29, 0.717) is 5.92 Å². The van der Waals surface area contributed by atoms with Crippen LogP contribution in [0.5, 0.6) is 5.75 Å². The molecule has 0 spiro atoms. The number of para-hydroxylation sites is 1. The second kappa shape index (κ2) is 13.3. The van der Waals surface area contributed by atoms with Crippen LogP contribution in [0.3, 0.4) is 0 Å². The zero-order valence-electron chi connectivity index (χ0n) is 21.0. The van der Waals surface area contributed by atoms with Gasteiger partial charge in [0, 0.05) is 0 Å². The molecule has 2 aliphatic rings. The molecule has 35 heavy (non-hydrogen) atoms. The van der Waals surface area contributed by atoms with Crippen molar-refractivity contribution in [2.45, 2.75) is 70.8 Å². The second-order valence-corrected chi connectivity index (χ2v) is 14.6. The third-order valence-electron chi connectivity index (χ3n) is 7.61. The molecule has 2 unspecified atom stereocenters. The molecule has 0 aromatic heterocycles. The van der Waals surface area contributed by atoms with Crippen molar-refractivity contribution in [2.75, 3.05) is 6.54 Å². The summed E-state index contributed by atoms with van der Waals surface area (Å²) in [5, 5.41) is 13.5. The van der Waals surface area contributed by atoms with E-state index in [4.69, 9.17) is 0 Å². The molecule has 0 saturated heterocycles. The Morgan fingerprint density at radius 1 is 1.03 bits per heavy atom. The quantitative estimate of drug-likeness (QED) is 0.271. The Labute approximate surface area is 222 Å². The van der Waals surface area contributed by atoms with Crippen molar-refractivity contribution in [1.82, 2.24) is 8.20 Å². The summed E-state index contributed by atoms with van der Waals surface area (Å²) in [4.78, 5) is 13.5. The fourth-order valence-corrected chi connectivity index (χ4v) is 9.45. The third-order valence-corrected chi connectivity index (χ3v) is 12.1. The molecule has 1 aliphatic heterocycles. The van der Waals surface area contributed by atoms with Crippen molar-refractivity contribution in [3.63, 3.8) is 0 Å². The maximum absolute atomic E-state index is 13.5. The first-order valence-corrected chi connectivity index (χ1v) is 16.5. The fraction of sp³-hybridized carbons (Fsp3) is 0.467. The number of phenolic OH excluding ortho intramolecular Hbond substituents is 1. The van der Waals surface area contributed by atoms with Crippen molar-refractivity contribution >= 4 is 31.9 Å². The number of rotatable bonds is 10. The predicted octanol–water partition coefficient (Wildman–Crippen LogP) is 6.00. The molecule has 5 heteroatoms. The van der Waals surface area contributed by atoms with Gasteiger partial charge >= 0.3 is 217 Å². The van der Waals surface area contributed by atoms with Crippen LogP contribution in [0.2, 0.25) is 0 Å². The Kier molecular flexibility index (Phi) is 9.93. The van der Waals surface area contributed by atoms with Gasteiger partial charge < -0.3 is 0 Å². The summed E-state index contributed by atoms with van der Waals surface area (Å²) < 4.78 is 4.15. The molecule has 1 amide bonds. The van der Waals surface area contributed by atoms with E-state index >= 15 is 0 Å². The van der Waals surface area contributed by atoms with Crippen LogP contribution in [0, 0.1) is 11.8 Å². The number of hydrogen-bond acceptors (Lipinski definition) is 3. The number of allylic oxidation sites excluding steroid dienone is 1. The van der Waals surface area contributed by atoms with Crippen molar-refractivity contribution in [3.8, 4) is 5.75 Å². The third kappa shape index (κ3) is 7.49. The van der Waals surface area contributed by atoms with E-state index < -0.39 is 22.7 Å². The first kappa shape index (κ1) is 26.1. The Morgan fingerprint density at radius 2 is 1.74 bits per heavy atom. The van der Waals surface area contributed by atoms with E-state index in [0.717, 1.165) is 31.4 Å². The standard InChI is InChI=1S/C30H39N2O2.In/c1-24(27-19-9-10-21-29(27)33)32-30(34)28(26-17-7-2-3-8-18-26)20-11-12-22-31-23-13-16-25-14-5-4-6-15-25;/h4-6,9-10,13-15,19,21,23-24,26,28,33H,2-3,7-8,11-12,17-18,20,22H2,1H3,(H,32,34);/q-1;+1. The number of phenols is 1. The average Bonchev–Trinajstić information content (AvgIpc) is 3.18. The summed E-state index contributed by atoms with van der Waals surface area (Å²) >= 11 is -0.939. The van der Waals surface area contributed by atoms with E-state index in [2.05, 4.69) is 50.8 Å². The van der Waals surface area contributed by atoms with Crippen LogP contribution in [0.4, 0.5) is 0 Å². The van der Waals surface area contributed by atoms with Gasteiger partial charge in [-0.2, -0.15) is 0 Å². The molecular weight excluding hydrogens is 535 g/mol. The monoisotopic (exact) mass is 574 g/mol. The molecule has 184 valence electrons. The molecular formula is C30H39InN2O2. The molecule has 0 bridgehead atoms. The molecule has 1 fully saturated rings. The normalized spacial score (nSPS) is 17.9. The molecule has 2 aromatic rings. The minimum absolute atomic E-state index is 0.0729. The van der Waals surface area contributed by atoms with Gasteiger partial charge in [0.1, 0.15) is 0 Å². The van der Waals surface area contributed by atoms with Crippen LogP contribution in [0.1, 0.15) is 81.9 Å². The topological polar surface area (TPSA) is 52.6 Å². The molecule has 0 radical (unpaired) electrons. The molecule has 1 heterocycles. The molecule has 4 rings (SSSR count). The summed E-state index contributed by atoms with van der Waals surface area (Å²) in [6, 6.07) is 17.9. The van der Waals surface area contributed by atoms with Crippen molar-refractivity contribution in [1.29, 1.82) is 0 Å². The summed E-state index contributed by atoms with van der Waals surface area (Å²) in [5.41, 5.74) is 2.18. The van der Waals surface area contributed by atoms with Gasteiger partial charge in [0.05, 0.1) is 0 Å². The van der Waals surface area contributed by atoms with Crippen LogP contribution < -0.4 is 5.32 Å². The predicted molar refractivity (Wildman–Crippen MR) is 145 cm³/mol. The maximum atomic E-state index is 13.5. The van der Waals surface area contributed by atoms with Crippen molar-refractivity contribution in [2.24, 2.45) is 11.8 Å². The first-order valence-electron chi connectivity index (χ1n) is 13.4. The number of nitrogens with zero attached hydrogens (tertiary/aromatic N) is 1. The summed E-state index contributed by atoms with van der Waals surface area (Å²) in [6.45, 7) is 3.09. The zero-order chi connectivity index (χ0) is 24.5. The van der Waals surface area contributed by atoms with E-state index in [1.807, 2.05) is 25.1 Å². The van der Waals surface area contributed by atoms with Gasteiger partial charge in [-0.25, -0.2) is 0 Å². The van der Waals surface area contributed by atoms with Gasteiger partial charge in [-0.3, -0.25) is 0 Å². The van der Waals surface area contributed by atoms with Gasteiger partial charge in [-0.15, -0.1) is 0 Å². The van der Waals surface area contributed by atoms with E-state index in [9.17, 15) is 9.90 Å². The molecule has 2 N–H and O–H groups in total. The number of hydrogen-bond donors (Lipinski definition) is 2. The van der Waals surface area contributed by atoms with Crippen molar-refractivity contribution < 1.29 is 9.90 Å². The molecule has 2 aromatic carbocycles. The van der Waals surface area contributed by atoms with Gasteiger partial charge in [-0.05, 0) is 0 Å². The summed E-state index contributed by atoms with van der Waals surface area (Å²) in [5.74, 6) is 0.980. The van der Waals surface area contributed by atoms with Gasteiger partial charge in [-0.1, -0.05) is 6.07 Å². The van der Waals surface area contributed by atoms with E-state index in [-0.39, 0.29) is 23.6 Å². The fourth-order valence-electron chi connectivity index (χ4n) is 5.59. The summed E-state index contributed by atoms with van der Waals surface area (Å²) in [6.07, 6.45) is 15.2. The molecule has 4 nitrogen and oxygen atoms in total. The van der Waals surface area contributed by atoms with Gasteiger partial charge in [0.15, 0.2) is 0 Å². The Hall–Kier alpha value is -2.01. The minimum atomic E-state index is -0.939. The molecule has 1 saturated carbocycles. The second-order valence-electron chi connectivity index (χ2n) is 10.1. The van der Waals surface area contributed by atoms with E-state index in [1.165, 1.54) is 44.1 Å². The Bertz CT molecular complexity index is 1010. The summed E-state index contributed by atoms with van der Waals surface area (Å²) in [7, 11) is 0. The molecule has 2 atom stereocenters. The number of amides is 1. The van der Waals surface area contributed by atoms with Gasteiger partial charge in [0.25, 0.3) is 0 Å². The number of nitrogens with one attached hydrogen (secondary N) is 1. The van der Waals surface area contributed by atoms with Crippen molar-refractivity contribution in [3.05, 3.63) is 78.0 Å². The van der Waals surface area contributed by atoms with Crippen LogP contribution in [-0.4, -0.2) is 46.4 Å². The van der Waals surface area contributed by atoms with E-state index in [1.54, 1.807) is 9.32 Å². The Morgan fingerprint density at radius 3 is 2.49 bits per heavy atom. The van der Waals surface area contributed by atoms with Crippen LogP contribution in [0.25, 0.3) is 0 Å². The SMILES string of the molecule is CC(NC(=O)C(CCCC[N]1C=C[C](c2ccccc2)=[In]1)C1CCCCCC1)c1ccccc1O. The average molecular weight is 574 g/mol. The number of carbonyl (C=O) groups is 1. The number of benzene rings is 2. The number of unbranched alkanes of at least 4 members (excludes halogenated alkanes) is 1. The van der Waals surface area contributed by atoms with Crippen LogP contribution >= 0.6 is 0 Å². The number of aromatic hydroxyl groups is 1.